The van der Waals surface area contributed by atoms with Gasteiger partial charge in [0.25, 0.3) is 11.8 Å². The number of hydrogen-bond donors (Lipinski definition) is 1. The third-order valence-electron chi connectivity index (χ3n) is 7.13. The van der Waals surface area contributed by atoms with Crippen molar-refractivity contribution in [2.24, 2.45) is 0 Å². The number of carbonyl (C=O) groups is 3. The highest BCUT2D eigenvalue weighted by atomic mass is 16.7. The number of piperidine rings is 1. The van der Waals surface area contributed by atoms with Crippen LogP contribution in [0.1, 0.15) is 46.3 Å². The lowest BCUT2D eigenvalue weighted by atomic mass is 9.96. The molecule has 1 aromatic carbocycles. The lowest BCUT2D eigenvalue weighted by Crippen LogP contribution is -2.62. The maximum Gasteiger partial charge on any atom is 0.274 e. The van der Waals surface area contributed by atoms with E-state index in [-0.39, 0.29) is 30.0 Å². The van der Waals surface area contributed by atoms with Gasteiger partial charge in [0.15, 0.2) is 11.5 Å². The zero-order chi connectivity index (χ0) is 23.9. The number of rotatable bonds is 4. The van der Waals surface area contributed by atoms with Crippen LogP contribution in [0.5, 0.6) is 0 Å². The molecular formula is C24H29N5O5. The number of benzene rings is 1. The lowest BCUT2D eigenvalue weighted by molar-refractivity contribution is -0.181. The zero-order valence-corrected chi connectivity index (χ0v) is 19.5. The van der Waals surface area contributed by atoms with Gasteiger partial charge in [0.1, 0.15) is 11.2 Å². The molecule has 0 bridgehead atoms. The minimum Gasteiger partial charge on any atom is -0.350 e. The summed E-state index contributed by atoms with van der Waals surface area (Å²) in [5.41, 5.74) is 0.332. The first-order valence-electron chi connectivity index (χ1n) is 11.6. The number of aromatic nitrogens is 2. The first kappa shape index (κ1) is 22.5. The average molecular weight is 468 g/mol. The lowest BCUT2D eigenvalue weighted by Gasteiger charge is -2.40. The Bertz CT molecular complexity index is 1100. The van der Waals surface area contributed by atoms with E-state index in [4.69, 9.17) is 9.47 Å². The SMILES string of the molecule is CN1C(=O)c2cc(C(=O)N3CCC4(CC3)OCCO4)nn2C[C@]1(C)C(=O)NCc1ccccc1. The number of nitrogens with one attached hydrogen (secondary N) is 1. The molecule has 2 saturated heterocycles. The van der Waals surface area contributed by atoms with E-state index < -0.39 is 11.3 Å². The number of carbonyl (C=O) groups excluding carboxylic acids is 3. The molecule has 3 aliphatic heterocycles. The van der Waals surface area contributed by atoms with Crippen molar-refractivity contribution >= 4 is 17.7 Å². The minimum atomic E-state index is -1.14. The summed E-state index contributed by atoms with van der Waals surface area (Å²) in [6.07, 6.45) is 1.21. The first-order chi connectivity index (χ1) is 16.3. The molecule has 0 unspecified atom stereocenters. The highest BCUT2D eigenvalue weighted by Crippen LogP contribution is 2.32. The van der Waals surface area contributed by atoms with Crippen molar-refractivity contribution in [3.05, 3.63) is 53.3 Å². The Kier molecular flexibility index (Phi) is 5.65. The molecule has 5 rings (SSSR count). The topological polar surface area (TPSA) is 106 Å². The average Bonchev–Trinajstić information content (AvgIpc) is 3.49. The smallest absolute Gasteiger partial charge is 0.274 e. The van der Waals surface area contributed by atoms with Crippen LogP contribution in [-0.4, -0.2) is 82.0 Å². The Morgan fingerprint density at radius 1 is 1.12 bits per heavy atom. The molecule has 1 atom stereocenters. The fraction of sp³-hybridized carbons (Fsp3) is 0.500. The van der Waals surface area contributed by atoms with Crippen LogP contribution in [0.2, 0.25) is 0 Å². The maximum atomic E-state index is 13.1. The fourth-order valence-electron chi connectivity index (χ4n) is 4.80. The number of hydrogen-bond acceptors (Lipinski definition) is 6. The zero-order valence-electron chi connectivity index (χ0n) is 19.5. The van der Waals surface area contributed by atoms with Gasteiger partial charge in [0.05, 0.1) is 19.8 Å². The van der Waals surface area contributed by atoms with Crippen LogP contribution in [0.15, 0.2) is 36.4 Å². The molecule has 10 nitrogen and oxygen atoms in total. The van der Waals surface area contributed by atoms with Crippen LogP contribution in [0.4, 0.5) is 0 Å². The summed E-state index contributed by atoms with van der Waals surface area (Å²) in [7, 11) is 1.61. The van der Waals surface area contributed by atoms with Crippen LogP contribution in [0.3, 0.4) is 0 Å². The molecule has 180 valence electrons. The van der Waals surface area contributed by atoms with Crippen molar-refractivity contribution in [3.8, 4) is 0 Å². The van der Waals surface area contributed by atoms with Crippen LogP contribution in [0, 0.1) is 0 Å². The first-order valence-corrected chi connectivity index (χ1v) is 11.6. The third kappa shape index (κ3) is 3.86. The third-order valence-corrected chi connectivity index (χ3v) is 7.13. The predicted octanol–water partition coefficient (Wildman–Crippen LogP) is 1.02. The second-order valence-corrected chi connectivity index (χ2v) is 9.28. The Labute approximate surface area is 197 Å². The molecule has 0 radical (unpaired) electrons. The summed E-state index contributed by atoms with van der Waals surface area (Å²) in [6.45, 7) is 4.37. The molecule has 34 heavy (non-hydrogen) atoms. The number of nitrogens with zero attached hydrogens (tertiary/aromatic N) is 4. The van der Waals surface area contributed by atoms with Gasteiger partial charge < -0.3 is 24.6 Å². The van der Waals surface area contributed by atoms with Gasteiger partial charge >= 0.3 is 0 Å². The van der Waals surface area contributed by atoms with Crippen molar-refractivity contribution in [1.82, 2.24) is 24.9 Å². The van der Waals surface area contributed by atoms with E-state index in [1.165, 1.54) is 15.6 Å². The molecule has 1 aromatic heterocycles. The Balaban J connectivity index is 1.29. The van der Waals surface area contributed by atoms with Crippen molar-refractivity contribution in [3.63, 3.8) is 0 Å². The van der Waals surface area contributed by atoms with Gasteiger partial charge in [-0.1, -0.05) is 30.3 Å². The standard InChI is InChI=1S/C24H29N5O5/c1-23(22(32)25-15-17-6-4-3-5-7-17)16-29-19(21(31)27(23)2)14-18(26-29)20(30)28-10-8-24(9-11-28)33-12-13-34-24/h3-7,14H,8-13,15-16H2,1-2H3,(H,25,32)/t23-/m1/s1. The van der Waals surface area contributed by atoms with Crippen molar-refractivity contribution in [2.45, 2.75) is 44.2 Å². The fourth-order valence-corrected chi connectivity index (χ4v) is 4.80. The van der Waals surface area contributed by atoms with E-state index in [0.717, 1.165) is 5.56 Å². The summed E-state index contributed by atoms with van der Waals surface area (Å²) in [5, 5.41) is 7.35. The van der Waals surface area contributed by atoms with Gasteiger partial charge in [-0.15, -0.1) is 0 Å². The highest BCUT2D eigenvalue weighted by Gasteiger charge is 2.47. The number of likely N-dealkylation sites (N-methyl/N-ethyl adjacent to an activating group) is 1. The Morgan fingerprint density at radius 2 is 1.79 bits per heavy atom. The van der Waals surface area contributed by atoms with Crippen molar-refractivity contribution < 1.29 is 23.9 Å². The summed E-state index contributed by atoms with van der Waals surface area (Å²) in [5.74, 6) is -1.43. The predicted molar refractivity (Wildman–Crippen MR) is 121 cm³/mol. The monoisotopic (exact) mass is 467 g/mol. The molecule has 2 aromatic rings. The molecule has 0 saturated carbocycles. The Morgan fingerprint density at radius 3 is 2.47 bits per heavy atom. The normalized spacial score (nSPS) is 23.8. The van der Waals surface area contributed by atoms with Gasteiger partial charge in [-0.05, 0) is 12.5 Å². The minimum absolute atomic E-state index is 0.156. The number of amides is 3. The number of likely N-dealkylation sites (tertiary alicyclic amines) is 1. The van der Waals surface area contributed by atoms with Gasteiger partial charge in [-0.3, -0.25) is 19.1 Å². The quantitative estimate of drug-likeness (QED) is 0.720. The molecule has 3 aliphatic rings. The second kappa shape index (κ2) is 8.52. The molecule has 2 fully saturated rings. The summed E-state index contributed by atoms with van der Waals surface area (Å²) >= 11 is 0. The number of fused-ring (bicyclic) bond motifs is 1. The van der Waals surface area contributed by atoms with E-state index in [2.05, 4.69) is 10.4 Å². The van der Waals surface area contributed by atoms with Crippen molar-refractivity contribution in [1.29, 1.82) is 0 Å². The van der Waals surface area contributed by atoms with E-state index in [1.54, 1.807) is 18.9 Å². The molecular weight excluding hydrogens is 438 g/mol. The van der Waals surface area contributed by atoms with Gasteiger partial charge in [-0.2, -0.15) is 5.10 Å². The Hall–Kier alpha value is -3.24. The summed E-state index contributed by atoms with van der Waals surface area (Å²) in [4.78, 5) is 42.5. The second-order valence-electron chi connectivity index (χ2n) is 9.28. The van der Waals surface area contributed by atoms with Crippen molar-refractivity contribution in [2.75, 3.05) is 33.4 Å². The van der Waals surface area contributed by atoms with E-state index in [9.17, 15) is 14.4 Å². The van der Waals surface area contributed by atoms with Crippen LogP contribution >= 0.6 is 0 Å². The van der Waals surface area contributed by atoms with E-state index in [1.807, 2.05) is 30.3 Å². The molecule has 10 heteroatoms. The van der Waals surface area contributed by atoms with E-state index in [0.29, 0.717) is 51.4 Å². The largest absolute Gasteiger partial charge is 0.350 e. The summed E-state index contributed by atoms with van der Waals surface area (Å²) in [6, 6.07) is 11.1. The van der Waals surface area contributed by atoms with Gasteiger partial charge in [0, 0.05) is 45.6 Å². The molecule has 1 spiro atoms. The molecule has 0 aliphatic carbocycles. The van der Waals surface area contributed by atoms with Crippen LogP contribution in [-0.2, 0) is 27.4 Å². The maximum absolute atomic E-state index is 13.1. The highest BCUT2D eigenvalue weighted by molar-refractivity contribution is 6.01. The molecule has 4 heterocycles. The van der Waals surface area contributed by atoms with Gasteiger partial charge in [0.2, 0.25) is 5.91 Å². The number of ether oxygens (including phenoxy) is 2. The van der Waals surface area contributed by atoms with Crippen LogP contribution in [0.25, 0.3) is 0 Å². The van der Waals surface area contributed by atoms with Gasteiger partial charge in [-0.25, -0.2) is 0 Å². The van der Waals surface area contributed by atoms with Crippen LogP contribution < -0.4 is 5.32 Å². The summed E-state index contributed by atoms with van der Waals surface area (Å²) < 4.78 is 12.9. The molecule has 1 N–H and O–H groups in total. The van der Waals surface area contributed by atoms with E-state index >= 15 is 0 Å². The molecule has 3 amide bonds.